The molecule has 3 aromatic rings. The first-order chi connectivity index (χ1) is 11.3. The maximum absolute atomic E-state index is 9.00. The molecule has 0 bridgehead atoms. The summed E-state index contributed by atoms with van der Waals surface area (Å²) in [6.07, 6.45) is 2.39. The fourth-order valence-corrected chi connectivity index (χ4v) is 3.80. The van der Waals surface area contributed by atoms with E-state index in [9.17, 15) is 0 Å². The number of allylic oxidation sites excluding steroid dienone is 1. The molecule has 2 nitrogen and oxygen atoms in total. The molecule has 2 heteroatoms. The van der Waals surface area contributed by atoms with Gasteiger partial charge in [-0.2, -0.15) is 5.26 Å². The highest BCUT2D eigenvalue weighted by Gasteiger charge is 2.28. The van der Waals surface area contributed by atoms with E-state index in [1.165, 1.54) is 38.9 Å². The molecular formula is C21H18N2. The number of hydrogen-bond donors (Lipinski definition) is 0. The molecule has 1 heterocycles. The monoisotopic (exact) mass is 298 g/mol. The Kier molecular flexibility index (Phi) is 3.28. The summed E-state index contributed by atoms with van der Waals surface area (Å²) in [5.74, 6) is 0. The number of rotatable bonds is 3. The Hall–Kier alpha value is -2.79. The molecule has 0 unspecified atom stereocenters. The van der Waals surface area contributed by atoms with Crippen molar-refractivity contribution < 1.29 is 0 Å². The van der Waals surface area contributed by atoms with Crippen LogP contribution in [0.15, 0.2) is 60.2 Å². The van der Waals surface area contributed by atoms with Crippen LogP contribution in [0.4, 0.5) is 0 Å². The average molecular weight is 298 g/mol. The Balaban J connectivity index is 1.97. The number of para-hydroxylation sites is 1. The zero-order valence-corrected chi connectivity index (χ0v) is 13.2. The maximum atomic E-state index is 9.00. The van der Waals surface area contributed by atoms with Crippen LogP contribution in [0, 0.1) is 11.3 Å². The van der Waals surface area contributed by atoms with Crippen molar-refractivity contribution in [2.75, 3.05) is 0 Å². The van der Waals surface area contributed by atoms with Crippen LogP contribution in [0.25, 0.3) is 16.5 Å². The topological polar surface area (TPSA) is 28.7 Å². The Morgan fingerprint density at radius 2 is 1.78 bits per heavy atom. The van der Waals surface area contributed by atoms with E-state index in [2.05, 4.69) is 72.3 Å². The fraction of sp³-hybridized carbons (Fsp3) is 0.190. The van der Waals surface area contributed by atoms with Crippen molar-refractivity contribution in [3.8, 4) is 6.07 Å². The van der Waals surface area contributed by atoms with Gasteiger partial charge in [-0.1, -0.05) is 54.1 Å². The van der Waals surface area contributed by atoms with Gasteiger partial charge in [-0.15, -0.1) is 0 Å². The van der Waals surface area contributed by atoms with E-state index in [0.717, 1.165) is 12.8 Å². The van der Waals surface area contributed by atoms with Gasteiger partial charge in [0.2, 0.25) is 0 Å². The van der Waals surface area contributed by atoms with Crippen molar-refractivity contribution in [2.45, 2.75) is 19.3 Å². The lowest BCUT2D eigenvalue weighted by Gasteiger charge is -2.11. The Morgan fingerprint density at radius 3 is 2.57 bits per heavy atom. The Bertz CT molecular complexity index is 953. The van der Waals surface area contributed by atoms with Crippen LogP contribution in [0.3, 0.4) is 0 Å². The van der Waals surface area contributed by atoms with Crippen LogP contribution >= 0.6 is 0 Å². The van der Waals surface area contributed by atoms with Crippen molar-refractivity contribution in [2.24, 2.45) is 7.05 Å². The number of hydrogen-bond acceptors (Lipinski definition) is 1. The summed E-state index contributed by atoms with van der Waals surface area (Å²) >= 11 is 0. The van der Waals surface area contributed by atoms with Crippen LogP contribution in [-0.4, -0.2) is 4.57 Å². The second-order valence-electron chi connectivity index (χ2n) is 6.08. The molecule has 1 aromatic heterocycles. The van der Waals surface area contributed by atoms with Gasteiger partial charge in [-0.3, -0.25) is 0 Å². The van der Waals surface area contributed by atoms with E-state index < -0.39 is 0 Å². The zero-order chi connectivity index (χ0) is 15.8. The predicted octanol–water partition coefficient (Wildman–Crippen LogP) is 4.84. The Labute approximate surface area is 136 Å². The minimum atomic E-state index is 0.581. The molecule has 1 aliphatic carbocycles. The van der Waals surface area contributed by atoms with Crippen molar-refractivity contribution in [3.63, 3.8) is 0 Å². The SMILES string of the molecule is Cn1c2c(c3ccccc31)CC(CCC#N)=C2c1ccccc1. The molecule has 0 atom stereocenters. The fourth-order valence-electron chi connectivity index (χ4n) is 3.80. The van der Waals surface area contributed by atoms with Crippen LogP contribution < -0.4 is 0 Å². The molecule has 0 radical (unpaired) electrons. The third-order valence-corrected chi connectivity index (χ3v) is 4.79. The quantitative estimate of drug-likeness (QED) is 0.680. The van der Waals surface area contributed by atoms with Crippen molar-refractivity contribution in [3.05, 3.63) is 77.0 Å². The molecule has 0 saturated heterocycles. The minimum absolute atomic E-state index is 0.581. The van der Waals surface area contributed by atoms with Crippen LogP contribution in [0.5, 0.6) is 0 Å². The highest BCUT2D eigenvalue weighted by molar-refractivity contribution is 5.97. The first-order valence-electron chi connectivity index (χ1n) is 8.02. The smallest absolute Gasteiger partial charge is 0.0625 e. The van der Waals surface area contributed by atoms with E-state index in [-0.39, 0.29) is 0 Å². The maximum Gasteiger partial charge on any atom is 0.0625 e. The van der Waals surface area contributed by atoms with E-state index in [4.69, 9.17) is 5.26 Å². The van der Waals surface area contributed by atoms with Crippen molar-refractivity contribution in [1.29, 1.82) is 5.26 Å². The van der Waals surface area contributed by atoms with Crippen LogP contribution in [0.2, 0.25) is 0 Å². The molecule has 0 spiro atoms. The molecule has 1 aliphatic rings. The standard InChI is InChI=1S/C21H18N2/c1-23-19-12-6-5-11-17(19)18-14-16(10-7-13-22)20(21(18)23)15-8-3-2-4-9-15/h2-6,8-9,11-12H,7,10,14H2,1H3. The highest BCUT2D eigenvalue weighted by Crippen LogP contribution is 2.43. The molecule has 112 valence electrons. The first kappa shape index (κ1) is 13.8. The van der Waals surface area contributed by atoms with E-state index in [0.29, 0.717) is 6.42 Å². The minimum Gasteiger partial charge on any atom is -0.343 e. The molecule has 0 fully saturated rings. The molecule has 0 N–H and O–H groups in total. The highest BCUT2D eigenvalue weighted by atomic mass is 15.0. The lowest BCUT2D eigenvalue weighted by Crippen LogP contribution is -1.97. The number of benzene rings is 2. The molecule has 4 rings (SSSR count). The molecule has 23 heavy (non-hydrogen) atoms. The number of nitriles is 1. The molecule has 0 saturated carbocycles. The Morgan fingerprint density at radius 1 is 1.04 bits per heavy atom. The van der Waals surface area contributed by atoms with Gasteiger partial charge in [0.25, 0.3) is 0 Å². The number of nitrogens with zero attached hydrogens (tertiary/aromatic N) is 2. The van der Waals surface area contributed by atoms with E-state index in [1.54, 1.807) is 0 Å². The summed E-state index contributed by atoms with van der Waals surface area (Å²) in [4.78, 5) is 0. The summed E-state index contributed by atoms with van der Waals surface area (Å²) in [6.45, 7) is 0. The van der Waals surface area contributed by atoms with Gasteiger partial charge in [-0.25, -0.2) is 0 Å². The van der Waals surface area contributed by atoms with Gasteiger partial charge in [0.05, 0.1) is 11.8 Å². The third-order valence-electron chi connectivity index (χ3n) is 4.79. The van der Waals surface area contributed by atoms with Crippen LogP contribution in [0.1, 0.15) is 29.7 Å². The summed E-state index contributed by atoms with van der Waals surface area (Å²) in [5, 5.41) is 10.3. The van der Waals surface area contributed by atoms with E-state index >= 15 is 0 Å². The lowest BCUT2D eigenvalue weighted by molar-refractivity contribution is 0.945. The van der Waals surface area contributed by atoms with Gasteiger partial charge in [0.1, 0.15) is 0 Å². The number of aromatic nitrogens is 1. The van der Waals surface area contributed by atoms with Gasteiger partial charge in [0, 0.05) is 29.9 Å². The summed E-state index contributed by atoms with van der Waals surface area (Å²) in [5.41, 5.74) is 7.99. The van der Waals surface area contributed by atoms with Gasteiger partial charge in [0.15, 0.2) is 0 Å². The van der Waals surface area contributed by atoms with Gasteiger partial charge < -0.3 is 4.57 Å². The average Bonchev–Trinajstić information content (AvgIpc) is 3.10. The molecule has 0 amide bonds. The second kappa shape index (κ2) is 5.44. The number of fused-ring (bicyclic) bond motifs is 3. The molecule has 0 aliphatic heterocycles. The number of aryl methyl sites for hydroxylation is 1. The normalized spacial score (nSPS) is 13.4. The van der Waals surface area contributed by atoms with Crippen LogP contribution in [-0.2, 0) is 13.5 Å². The largest absolute Gasteiger partial charge is 0.343 e. The second-order valence-corrected chi connectivity index (χ2v) is 6.08. The lowest BCUT2D eigenvalue weighted by atomic mass is 9.98. The summed E-state index contributed by atoms with van der Waals surface area (Å²) in [7, 11) is 2.15. The summed E-state index contributed by atoms with van der Waals surface area (Å²) in [6, 6.07) is 21.5. The molecule has 2 aromatic carbocycles. The predicted molar refractivity (Wildman–Crippen MR) is 93.9 cm³/mol. The third kappa shape index (κ3) is 2.09. The zero-order valence-electron chi connectivity index (χ0n) is 13.2. The van der Waals surface area contributed by atoms with Gasteiger partial charge >= 0.3 is 0 Å². The van der Waals surface area contributed by atoms with Gasteiger partial charge in [-0.05, 0) is 30.0 Å². The molecular weight excluding hydrogens is 280 g/mol. The van der Waals surface area contributed by atoms with E-state index in [1.807, 2.05) is 0 Å². The van der Waals surface area contributed by atoms with Crippen molar-refractivity contribution in [1.82, 2.24) is 4.57 Å². The summed E-state index contributed by atoms with van der Waals surface area (Å²) < 4.78 is 2.31. The first-order valence-corrected chi connectivity index (χ1v) is 8.02. The van der Waals surface area contributed by atoms with Crippen molar-refractivity contribution >= 4 is 16.5 Å².